The summed E-state index contributed by atoms with van der Waals surface area (Å²) in [5.41, 5.74) is 1.12. The lowest BCUT2D eigenvalue weighted by molar-refractivity contribution is -0.122. The Labute approximate surface area is 83.9 Å². The maximum absolute atomic E-state index is 11.3. The Bertz CT molecular complexity index is 318. The second-order valence-corrected chi connectivity index (χ2v) is 3.71. The molecule has 1 heterocycles. The van der Waals surface area contributed by atoms with Gasteiger partial charge >= 0.3 is 0 Å². The van der Waals surface area contributed by atoms with Gasteiger partial charge in [0.1, 0.15) is 5.78 Å². The molecule has 1 saturated heterocycles. The molecular formula is C12H14O2. The van der Waals surface area contributed by atoms with Crippen molar-refractivity contribution in [1.29, 1.82) is 0 Å². The van der Waals surface area contributed by atoms with Crippen molar-refractivity contribution in [2.24, 2.45) is 5.92 Å². The van der Waals surface area contributed by atoms with E-state index in [1.807, 2.05) is 30.3 Å². The summed E-state index contributed by atoms with van der Waals surface area (Å²) in [5, 5.41) is 0. The van der Waals surface area contributed by atoms with Crippen LogP contribution in [0, 0.1) is 5.92 Å². The molecule has 0 aromatic heterocycles. The van der Waals surface area contributed by atoms with Gasteiger partial charge in [0.2, 0.25) is 0 Å². The summed E-state index contributed by atoms with van der Waals surface area (Å²) < 4.78 is 5.59. The summed E-state index contributed by atoms with van der Waals surface area (Å²) >= 11 is 0. The first-order valence-electron chi connectivity index (χ1n) is 4.96. The first-order valence-corrected chi connectivity index (χ1v) is 4.96. The van der Waals surface area contributed by atoms with Gasteiger partial charge in [0.15, 0.2) is 0 Å². The fourth-order valence-corrected chi connectivity index (χ4v) is 1.98. The first-order chi connectivity index (χ1) is 6.79. The summed E-state index contributed by atoms with van der Waals surface area (Å²) in [6, 6.07) is 9.97. The fourth-order valence-electron chi connectivity index (χ4n) is 1.98. The third kappa shape index (κ3) is 1.70. The van der Waals surface area contributed by atoms with E-state index >= 15 is 0 Å². The van der Waals surface area contributed by atoms with E-state index in [4.69, 9.17) is 4.74 Å². The Kier molecular flexibility index (Phi) is 2.64. The lowest BCUT2D eigenvalue weighted by Gasteiger charge is -2.15. The normalized spacial score (nSPS) is 26.4. The van der Waals surface area contributed by atoms with Gasteiger partial charge in [0.25, 0.3) is 0 Å². The molecule has 0 saturated carbocycles. The standard InChI is InChI=1S/C12H14O2/c1-9(13)11-7-8-14-12(11)10-5-3-2-4-6-10/h2-6,11-12H,7-8H2,1H3/t11-,12-/m0/s1. The molecule has 0 aliphatic carbocycles. The molecule has 14 heavy (non-hydrogen) atoms. The van der Waals surface area contributed by atoms with E-state index in [1.54, 1.807) is 6.92 Å². The van der Waals surface area contributed by atoms with Crippen molar-refractivity contribution in [2.45, 2.75) is 19.4 Å². The predicted molar refractivity (Wildman–Crippen MR) is 53.9 cm³/mol. The van der Waals surface area contributed by atoms with E-state index in [-0.39, 0.29) is 17.8 Å². The van der Waals surface area contributed by atoms with Gasteiger partial charge in [-0.25, -0.2) is 0 Å². The van der Waals surface area contributed by atoms with Crippen LogP contribution in [0.2, 0.25) is 0 Å². The van der Waals surface area contributed by atoms with Crippen LogP contribution < -0.4 is 0 Å². The number of rotatable bonds is 2. The maximum atomic E-state index is 11.3. The third-order valence-electron chi connectivity index (χ3n) is 2.74. The number of benzene rings is 1. The molecule has 2 rings (SSSR count). The van der Waals surface area contributed by atoms with E-state index in [9.17, 15) is 4.79 Å². The Morgan fingerprint density at radius 1 is 1.36 bits per heavy atom. The fraction of sp³-hybridized carbons (Fsp3) is 0.417. The molecule has 0 spiro atoms. The minimum atomic E-state index is -0.0197. The first kappa shape index (κ1) is 9.41. The van der Waals surface area contributed by atoms with Crippen molar-refractivity contribution in [3.05, 3.63) is 35.9 Å². The Morgan fingerprint density at radius 3 is 2.71 bits per heavy atom. The summed E-state index contributed by atoms with van der Waals surface area (Å²) in [6.45, 7) is 2.35. The average molecular weight is 190 g/mol. The van der Waals surface area contributed by atoms with Crippen LogP contribution in [0.3, 0.4) is 0 Å². The molecule has 2 heteroatoms. The van der Waals surface area contributed by atoms with E-state index in [2.05, 4.69) is 0 Å². The summed E-state index contributed by atoms with van der Waals surface area (Å²) in [4.78, 5) is 11.3. The topological polar surface area (TPSA) is 26.3 Å². The number of ketones is 1. The molecule has 2 atom stereocenters. The molecule has 1 aromatic carbocycles. The lowest BCUT2D eigenvalue weighted by atomic mass is 9.92. The molecular weight excluding hydrogens is 176 g/mol. The second-order valence-electron chi connectivity index (χ2n) is 3.71. The highest BCUT2D eigenvalue weighted by molar-refractivity contribution is 5.79. The predicted octanol–water partition coefficient (Wildman–Crippen LogP) is 2.35. The van der Waals surface area contributed by atoms with E-state index in [0.717, 1.165) is 12.0 Å². The molecule has 1 aliphatic rings. The SMILES string of the molecule is CC(=O)[C@@H]1CCO[C@H]1c1ccccc1. The number of hydrogen-bond donors (Lipinski definition) is 0. The van der Waals surface area contributed by atoms with Gasteiger partial charge in [-0.3, -0.25) is 4.79 Å². The van der Waals surface area contributed by atoms with Crippen LogP contribution >= 0.6 is 0 Å². The lowest BCUT2D eigenvalue weighted by Crippen LogP contribution is -2.15. The van der Waals surface area contributed by atoms with Crippen LogP contribution in [0.1, 0.15) is 25.0 Å². The zero-order valence-electron chi connectivity index (χ0n) is 8.27. The van der Waals surface area contributed by atoms with E-state index in [1.165, 1.54) is 0 Å². The number of ether oxygens (including phenoxy) is 1. The summed E-state index contributed by atoms with van der Waals surface area (Å²) in [7, 11) is 0. The van der Waals surface area contributed by atoms with E-state index in [0.29, 0.717) is 6.61 Å². The quantitative estimate of drug-likeness (QED) is 0.715. The van der Waals surface area contributed by atoms with Gasteiger partial charge < -0.3 is 4.74 Å². The van der Waals surface area contributed by atoms with Crippen LogP contribution in [0.4, 0.5) is 0 Å². The molecule has 1 aromatic rings. The smallest absolute Gasteiger partial charge is 0.135 e. The van der Waals surface area contributed by atoms with E-state index < -0.39 is 0 Å². The third-order valence-corrected chi connectivity index (χ3v) is 2.74. The maximum Gasteiger partial charge on any atom is 0.135 e. The van der Waals surface area contributed by atoms with Crippen molar-refractivity contribution in [3.8, 4) is 0 Å². The molecule has 74 valence electrons. The second kappa shape index (κ2) is 3.93. The Hall–Kier alpha value is -1.15. The van der Waals surface area contributed by atoms with Gasteiger partial charge in [-0.2, -0.15) is 0 Å². The van der Waals surface area contributed by atoms with Crippen molar-refractivity contribution in [1.82, 2.24) is 0 Å². The van der Waals surface area contributed by atoms with Gasteiger partial charge in [-0.15, -0.1) is 0 Å². The minimum Gasteiger partial charge on any atom is -0.373 e. The monoisotopic (exact) mass is 190 g/mol. The van der Waals surface area contributed by atoms with Gasteiger partial charge in [-0.1, -0.05) is 30.3 Å². The highest BCUT2D eigenvalue weighted by Crippen LogP contribution is 2.34. The zero-order valence-corrected chi connectivity index (χ0v) is 8.27. The highest BCUT2D eigenvalue weighted by atomic mass is 16.5. The van der Waals surface area contributed by atoms with Crippen LogP contribution in [-0.2, 0) is 9.53 Å². The molecule has 0 radical (unpaired) electrons. The number of carbonyl (C=O) groups excluding carboxylic acids is 1. The molecule has 1 fully saturated rings. The van der Waals surface area contributed by atoms with Crippen LogP contribution in [-0.4, -0.2) is 12.4 Å². The molecule has 2 nitrogen and oxygen atoms in total. The number of hydrogen-bond acceptors (Lipinski definition) is 2. The zero-order chi connectivity index (χ0) is 9.97. The largest absolute Gasteiger partial charge is 0.373 e. The molecule has 0 bridgehead atoms. The van der Waals surface area contributed by atoms with Gasteiger partial charge in [0, 0.05) is 12.5 Å². The van der Waals surface area contributed by atoms with Gasteiger partial charge in [-0.05, 0) is 18.9 Å². The Balaban J connectivity index is 2.22. The molecule has 0 unspecified atom stereocenters. The molecule has 0 N–H and O–H groups in total. The molecule has 0 amide bonds. The van der Waals surface area contributed by atoms with Crippen molar-refractivity contribution < 1.29 is 9.53 Å². The number of Topliss-reactive ketones (excluding diaryl/α,β-unsaturated/α-hetero) is 1. The van der Waals surface area contributed by atoms with Crippen LogP contribution in [0.15, 0.2) is 30.3 Å². The average Bonchev–Trinajstić information content (AvgIpc) is 2.67. The van der Waals surface area contributed by atoms with Crippen molar-refractivity contribution in [2.75, 3.05) is 6.61 Å². The summed E-state index contributed by atoms with van der Waals surface area (Å²) in [5.74, 6) is 0.286. The van der Waals surface area contributed by atoms with Crippen LogP contribution in [0.5, 0.6) is 0 Å². The Morgan fingerprint density at radius 2 is 2.07 bits per heavy atom. The van der Waals surface area contributed by atoms with Crippen molar-refractivity contribution in [3.63, 3.8) is 0 Å². The minimum absolute atomic E-state index is 0.0197. The van der Waals surface area contributed by atoms with Crippen LogP contribution in [0.25, 0.3) is 0 Å². The highest BCUT2D eigenvalue weighted by Gasteiger charge is 2.32. The van der Waals surface area contributed by atoms with Gasteiger partial charge in [0.05, 0.1) is 6.10 Å². The summed E-state index contributed by atoms with van der Waals surface area (Å²) in [6.07, 6.45) is 0.836. The van der Waals surface area contributed by atoms with Crippen molar-refractivity contribution >= 4 is 5.78 Å². The number of carbonyl (C=O) groups is 1. The molecule has 1 aliphatic heterocycles.